The third-order valence-electron chi connectivity index (χ3n) is 2.98. The van der Waals surface area contributed by atoms with Crippen molar-refractivity contribution in [3.63, 3.8) is 0 Å². The predicted octanol–water partition coefficient (Wildman–Crippen LogP) is 3.89. The summed E-state index contributed by atoms with van der Waals surface area (Å²) in [5, 5.41) is 0. The number of carbonyl (C=O) groups is 1. The first-order chi connectivity index (χ1) is 9.49. The third kappa shape index (κ3) is 3.45. The number of pyridine rings is 1. The van der Waals surface area contributed by atoms with E-state index in [4.69, 9.17) is 4.74 Å². The number of methoxy groups -OCH3 is 1. The molecule has 3 nitrogen and oxygen atoms in total. The number of Topliss-reactive ketones (excluding diaryl/α,β-unsaturated/α-hetero) is 1. The van der Waals surface area contributed by atoms with E-state index in [0.29, 0.717) is 12.0 Å². The highest BCUT2D eigenvalue weighted by Gasteiger charge is 2.10. The second-order valence-electron chi connectivity index (χ2n) is 4.71. The molecule has 0 aliphatic rings. The molecule has 0 saturated heterocycles. The van der Waals surface area contributed by atoms with Crippen LogP contribution in [-0.4, -0.2) is 17.9 Å². The SMILES string of the molecule is COc1ccc(CC(=O)c2cc(C)nc(C)c2)cc1Br. The highest BCUT2D eigenvalue weighted by Crippen LogP contribution is 2.26. The molecular formula is C16H16BrNO2. The molecule has 104 valence electrons. The Morgan fingerprint density at radius 2 is 1.85 bits per heavy atom. The summed E-state index contributed by atoms with van der Waals surface area (Å²) in [6.45, 7) is 3.79. The lowest BCUT2D eigenvalue weighted by atomic mass is 10.0. The Hall–Kier alpha value is -1.68. The van der Waals surface area contributed by atoms with Crippen molar-refractivity contribution in [2.24, 2.45) is 0 Å². The minimum absolute atomic E-state index is 0.0932. The fourth-order valence-corrected chi connectivity index (χ4v) is 2.69. The fourth-order valence-electron chi connectivity index (χ4n) is 2.10. The minimum Gasteiger partial charge on any atom is -0.496 e. The number of halogens is 1. The standard InChI is InChI=1S/C16H16BrNO2/c1-10-6-13(7-11(2)18-10)15(19)9-12-4-5-16(20-3)14(17)8-12/h4-8H,9H2,1-3H3. The average Bonchev–Trinajstić information content (AvgIpc) is 2.37. The molecule has 2 aromatic rings. The van der Waals surface area contributed by atoms with Gasteiger partial charge in [0.2, 0.25) is 0 Å². The van der Waals surface area contributed by atoms with Gasteiger partial charge in [-0.2, -0.15) is 0 Å². The van der Waals surface area contributed by atoms with E-state index in [-0.39, 0.29) is 5.78 Å². The van der Waals surface area contributed by atoms with Crippen LogP contribution in [0.25, 0.3) is 0 Å². The van der Waals surface area contributed by atoms with Crippen LogP contribution in [0.15, 0.2) is 34.8 Å². The molecule has 1 aromatic heterocycles. The Morgan fingerprint density at radius 1 is 1.20 bits per heavy atom. The Labute approximate surface area is 127 Å². The van der Waals surface area contributed by atoms with Gasteiger partial charge in [-0.25, -0.2) is 0 Å². The first-order valence-electron chi connectivity index (χ1n) is 6.30. The molecule has 20 heavy (non-hydrogen) atoms. The van der Waals surface area contributed by atoms with Crippen molar-refractivity contribution in [2.75, 3.05) is 7.11 Å². The lowest BCUT2D eigenvalue weighted by molar-refractivity contribution is 0.0992. The quantitative estimate of drug-likeness (QED) is 0.796. The zero-order chi connectivity index (χ0) is 14.7. The Morgan fingerprint density at radius 3 is 2.40 bits per heavy atom. The van der Waals surface area contributed by atoms with Gasteiger partial charge in [0.1, 0.15) is 5.75 Å². The number of ether oxygens (including phenoxy) is 1. The highest BCUT2D eigenvalue weighted by atomic mass is 79.9. The number of hydrogen-bond acceptors (Lipinski definition) is 3. The minimum atomic E-state index is 0.0932. The van der Waals surface area contributed by atoms with E-state index in [1.807, 2.05) is 44.2 Å². The zero-order valence-electron chi connectivity index (χ0n) is 11.7. The number of ketones is 1. The van der Waals surface area contributed by atoms with Crippen LogP contribution in [0.4, 0.5) is 0 Å². The average molecular weight is 334 g/mol. The second kappa shape index (κ2) is 6.18. The van der Waals surface area contributed by atoms with Gasteiger partial charge in [0.15, 0.2) is 5.78 Å². The molecule has 0 aliphatic carbocycles. The molecule has 1 aromatic carbocycles. The molecule has 0 unspecified atom stereocenters. The van der Waals surface area contributed by atoms with E-state index < -0.39 is 0 Å². The van der Waals surface area contributed by atoms with Crippen LogP contribution in [0.2, 0.25) is 0 Å². The monoisotopic (exact) mass is 333 g/mol. The van der Waals surface area contributed by atoms with E-state index in [9.17, 15) is 4.79 Å². The Balaban J connectivity index is 2.21. The number of carbonyl (C=O) groups excluding carboxylic acids is 1. The fraction of sp³-hybridized carbons (Fsp3) is 0.250. The summed E-state index contributed by atoms with van der Waals surface area (Å²) in [5.41, 5.74) is 3.39. The van der Waals surface area contributed by atoms with E-state index in [1.54, 1.807) is 7.11 Å². The number of hydrogen-bond donors (Lipinski definition) is 0. The van der Waals surface area contributed by atoms with E-state index >= 15 is 0 Å². The summed E-state index contributed by atoms with van der Waals surface area (Å²) in [5.74, 6) is 0.854. The van der Waals surface area contributed by atoms with Gasteiger partial charge in [-0.1, -0.05) is 6.07 Å². The highest BCUT2D eigenvalue weighted by molar-refractivity contribution is 9.10. The predicted molar refractivity (Wildman–Crippen MR) is 82.4 cm³/mol. The zero-order valence-corrected chi connectivity index (χ0v) is 13.3. The summed E-state index contributed by atoms with van der Waals surface area (Å²) in [4.78, 5) is 16.6. The largest absolute Gasteiger partial charge is 0.496 e. The molecule has 0 spiro atoms. The van der Waals surface area contributed by atoms with Crippen molar-refractivity contribution in [3.8, 4) is 5.75 Å². The lowest BCUT2D eigenvalue weighted by Gasteiger charge is -2.07. The maximum Gasteiger partial charge on any atom is 0.167 e. The Kier molecular flexibility index (Phi) is 4.55. The molecule has 1 heterocycles. The molecule has 0 saturated carbocycles. The second-order valence-corrected chi connectivity index (χ2v) is 5.56. The molecule has 0 aliphatic heterocycles. The third-order valence-corrected chi connectivity index (χ3v) is 3.60. The smallest absolute Gasteiger partial charge is 0.167 e. The van der Waals surface area contributed by atoms with Crippen molar-refractivity contribution in [1.82, 2.24) is 4.98 Å². The maximum atomic E-state index is 12.3. The summed E-state index contributed by atoms with van der Waals surface area (Å²) in [6, 6.07) is 9.33. The molecule has 4 heteroatoms. The molecule has 0 radical (unpaired) electrons. The van der Waals surface area contributed by atoms with Crippen LogP contribution in [0.3, 0.4) is 0 Å². The van der Waals surface area contributed by atoms with E-state index in [1.165, 1.54) is 0 Å². The summed E-state index contributed by atoms with van der Waals surface area (Å²) < 4.78 is 6.04. The van der Waals surface area contributed by atoms with Crippen molar-refractivity contribution in [3.05, 3.63) is 57.3 Å². The van der Waals surface area contributed by atoms with Crippen LogP contribution in [0.1, 0.15) is 27.3 Å². The summed E-state index contributed by atoms with van der Waals surface area (Å²) in [6.07, 6.45) is 0.367. The first kappa shape index (κ1) is 14.7. The van der Waals surface area contributed by atoms with Crippen molar-refractivity contribution >= 4 is 21.7 Å². The number of rotatable bonds is 4. The molecule has 0 amide bonds. The van der Waals surface area contributed by atoms with Crippen molar-refractivity contribution in [2.45, 2.75) is 20.3 Å². The van der Waals surface area contributed by atoms with E-state index in [0.717, 1.165) is 27.2 Å². The van der Waals surface area contributed by atoms with Crippen LogP contribution >= 0.6 is 15.9 Å². The maximum absolute atomic E-state index is 12.3. The number of aryl methyl sites for hydroxylation is 2. The molecule has 2 rings (SSSR count). The number of benzene rings is 1. The molecule has 0 fully saturated rings. The van der Waals surface area contributed by atoms with E-state index in [2.05, 4.69) is 20.9 Å². The normalized spacial score (nSPS) is 10.4. The van der Waals surface area contributed by atoms with Gasteiger partial charge in [0.25, 0.3) is 0 Å². The van der Waals surface area contributed by atoms with Gasteiger partial charge >= 0.3 is 0 Å². The van der Waals surface area contributed by atoms with Crippen LogP contribution in [0, 0.1) is 13.8 Å². The van der Waals surface area contributed by atoms with Gasteiger partial charge in [-0.05, 0) is 59.6 Å². The topological polar surface area (TPSA) is 39.2 Å². The van der Waals surface area contributed by atoms with Crippen molar-refractivity contribution in [1.29, 1.82) is 0 Å². The summed E-state index contributed by atoms with van der Waals surface area (Å²) in [7, 11) is 1.62. The molecular weight excluding hydrogens is 318 g/mol. The van der Waals surface area contributed by atoms with Crippen LogP contribution in [-0.2, 0) is 6.42 Å². The number of aromatic nitrogens is 1. The molecule has 0 bridgehead atoms. The van der Waals surface area contributed by atoms with Gasteiger partial charge in [-0.15, -0.1) is 0 Å². The van der Waals surface area contributed by atoms with Gasteiger partial charge in [0.05, 0.1) is 11.6 Å². The summed E-state index contributed by atoms with van der Waals surface area (Å²) >= 11 is 3.43. The van der Waals surface area contributed by atoms with Crippen LogP contribution in [0.5, 0.6) is 5.75 Å². The number of nitrogens with zero attached hydrogens (tertiary/aromatic N) is 1. The van der Waals surface area contributed by atoms with Crippen LogP contribution < -0.4 is 4.74 Å². The molecule has 0 N–H and O–H groups in total. The van der Waals surface area contributed by atoms with Gasteiger partial charge < -0.3 is 4.74 Å². The Bertz CT molecular complexity index is 633. The van der Waals surface area contributed by atoms with Gasteiger partial charge in [-0.3, -0.25) is 9.78 Å². The lowest BCUT2D eigenvalue weighted by Crippen LogP contribution is -2.05. The first-order valence-corrected chi connectivity index (χ1v) is 7.10. The van der Waals surface area contributed by atoms with Gasteiger partial charge in [0, 0.05) is 23.4 Å². The molecule has 0 atom stereocenters. The van der Waals surface area contributed by atoms with Crippen molar-refractivity contribution < 1.29 is 9.53 Å².